The number of nitrogens with one attached hydrogen (secondary N) is 3. The Morgan fingerprint density at radius 1 is 1.18 bits per heavy atom. The molecule has 9 heteroatoms. The minimum absolute atomic E-state index is 0. The summed E-state index contributed by atoms with van der Waals surface area (Å²) < 4.78 is 26.0. The monoisotopic (exact) mass is 430 g/mol. The number of nitrogens with zero attached hydrogens (tertiary/aromatic N) is 1. The van der Waals surface area contributed by atoms with Crippen LogP contribution in [0.4, 0.5) is 11.4 Å². The van der Waals surface area contributed by atoms with Crippen LogP contribution >= 0.6 is 12.4 Å². The molecule has 0 aromatic heterocycles. The predicted octanol–water partition coefficient (Wildman–Crippen LogP) is 2.65. The van der Waals surface area contributed by atoms with Crippen molar-refractivity contribution >= 4 is 39.7 Å². The maximum Gasteiger partial charge on any atom is 0.242 e. The van der Waals surface area contributed by atoms with E-state index in [2.05, 4.69) is 16.0 Å². The van der Waals surface area contributed by atoms with Crippen molar-refractivity contribution in [2.24, 2.45) is 5.92 Å². The summed E-state index contributed by atoms with van der Waals surface area (Å²) in [7, 11) is -0.560. The minimum atomic E-state index is -3.55. The zero-order valence-electron chi connectivity index (χ0n) is 16.7. The first-order valence-electron chi connectivity index (χ1n) is 9.66. The molecule has 0 spiro atoms. The van der Waals surface area contributed by atoms with Crippen molar-refractivity contribution in [1.29, 1.82) is 0 Å². The van der Waals surface area contributed by atoms with Crippen LogP contribution in [0, 0.1) is 5.92 Å². The topological polar surface area (TPSA) is 90.5 Å². The number of fused-ring (bicyclic) bond motifs is 2. The zero-order valence-corrected chi connectivity index (χ0v) is 18.3. The normalized spacial score (nSPS) is 23.9. The third-order valence-corrected chi connectivity index (χ3v) is 7.27. The summed E-state index contributed by atoms with van der Waals surface area (Å²) in [6.45, 7) is 2.64. The lowest BCUT2D eigenvalue weighted by atomic mass is 9.89. The number of sulfonamides is 1. The van der Waals surface area contributed by atoms with Crippen molar-refractivity contribution in [3.63, 3.8) is 0 Å². The number of carbonyl (C=O) groups excluding carboxylic acids is 1. The van der Waals surface area contributed by atoms with Crippen LogP contribution in [0.3, 0.4) is 0 Å². The second-order valence-corrected chi connectivity index (χ2v) is 9.90. The molecule has 7 nitrogen and oxygen atoms in total. The van der Waals surface area contributed by atoms with Crippen LogP contribution in [0.2, 0.25) is 0 Å². The van der Waals surface area contributed by atoms with Gasteiger partial charge in [0, 0.05) is 39.1 Å². The van der Waals surface area contributed by atoms with Gasteiger partial charge in [0.2, 0.25) is 15.9 Å². The molecule has 1 aromatic carbocycles. The van der Waals surface area contributed by atoms with Crippen LogP contribution in [-0.2, 0) is 14.8 Å². The van der Waals surface area contributed by atoms with E-state index in [1.165, 1.54) is 37.3 Å². The third kappa shape index (κ3) is 5.17. The van der Waals surface area contributed by atoms with Crippen LogP contribution in [0.25, 0.3) is 0 Å². The summed E-state index contributed by atoms with van der Waals surface area (Å²) in [4.78, 5) is 12.8. The number of carbonyl (C=O) groups is 1. The van der Waals surface area contributed by atoms with Gasteiger partial charge in [0.05, 0.1) is 16.3 Å². The van der Waals surface area contributed by atoms with Crippen LogP contribution in [0.1, 0.15) is 39.0 Å². The van der Waals surface area contributed by atoms with Gasteiger partial charge in [-0.1, -0.05) is 0 Å². The molecule has 0 radical (unpaired) electrons. The van der Waals surface area contributed by atoms with E-state index in [9.17, 15) is 13.2 Å². The Bertz CT molecular complexity index is 788. The van der Waals surface area contributed by atoms with Crippen molar-refractivity contribution < 1.29 is 13.2 Å². The Balaban J connectivity index is 0.00000280. The molecule has 0 saturated carbocycles. The highest BCUT2D eigenvalue weighted by atomic mass is 35.5. The molecule has 1 amide bonds. The Morgan fingerprint density at radius 2 is 1.82 bits per heavy atom. The molecule has 2 saturated heterocycles. The van der Waals surface area contributed by atoms with Gasteiger partial charge in [-0.25, -0.2) is 12.7 Å². The fraction of sp³-hybridized carbons (Fsp3) is 0.632. The van der Waals surface area contributed by atoms with Gasteiger partial charge in [-0.05, 0) is 56.7 Å². The zero-order chi connectivity index (χ0) is 19.6. The Hall–Kier alpha value is -1.35. The quantitative estimate of drug-likeness (QED) is 0.618. The lowest BCUT2D eigenvalue weighted by Crippen LogP contribution is -2.39. The molecule has 2 aliphatic rings. The van der Waals surface area contributed by atoms with Gasteiger partial charge in [-0.2, -0.15) is 0 Å². The SMILES string of the molecule is CCNc1ccc(S(=O)(=O)N(C)C)cc1NC(=O)CC1CC2CCC(C1)N2.Cl. The second-order valence-electron chi connectivity index (χ2n) is 7.75. The number of piperidine rings is 1. The summed E-state index contributed by atoms with van der Waals surface area (Å²) >= 11 is 0. The number of hydrogen-bond acceptors (Lipinski definition) is 5. The molecule has 2 atom stereocenters. The summed E-state index contributed by atoms with van der Waals surface area (Å²) in [5.74, 6) is 0.333. The number of benzene rings is 1. The molecule has 2 aliphatic heterocycles. The Morgan fingerprint density at radius 3 is 2.39 bits per heavy atom. The molecular weight excluding hydrogens is 400 g/mol. The molecule has 2 bridgehead atoms. The smallest absolute Gasteiger partial charge is 0.242 e. The van der Waals surface area contributed by atoms with Gasteiger partial charge in [-0.15, -0.1) is 12.4 Å². The van der Waals surface area contributed by atoms with Gasteiger partial charge in [0.15, 0.2) is 0 Å². The number of anilines is 2. The summed E-state index contributed by atoms with van der Waals surface area (Å²) in [5, 5.41) is 9.71. The molecule has 158 valence electrons. The largest absolute Gasteiger partial charge is 0.384 e. The number of amides is 1. The molecular formula is C19H31ClN4O3S. The van der Waals surface area contributed by atoms with Crippen LogP contribution in [-0.4, -0.2) is 51.4 Å². The molecule has 2 fully saturated rings. The van der Waals surface area contributed by atoms with E-state index < -0.39 is 10.0 Å². The molecule has 0 aliphatic carbocycles. The van der Waals surface area contributed by atoms with E-state index in [1.807, 2.05) is 6.92 Å². The maximum atomic E-state index is 12.6. The first-order valence-corrected chi connectivity index (χ1v) is 11.1. The Kier molecular flexibility index (Phi) is 7.73. The number of halogens is 1. The highest BCUT2D eigenvalue weighted by Crippen LogP contribution is 2.33. The molecule has 3 N–H and O–H groups in total. The van der Waals surface area contributed by atoms with Crippen molar-refractivity contribution in [1.82, 2.24) is 9.62 Å². The van der Waals surface area contributed by atoms with Crippen molar-refractivity contribution in [3.8, 4) is 0 Å². The van der Waals surface area contributed by atoms with Gasteiger partial charge in [-0.3, -0.25) is 4.79 Å². The van der Waals surface area contributed by atoms with E-state index in [1.54, 1.807) is 12.1 Å². The van der Waals surface area contributed by atoms with Crippen LogP contribution in [0.15, 0.2) is 23.1 Å². The van der Waals surface area contributed by atoms with Crippen molar-refractivity contribution in [3.05, 3.63) is 18.2 Å². The van der Waals surface area contributed by atoms with E-state index in [0.29, 0.717) is 36.7 Å². The van der Waals surface area contributed by atoms with Gasteiger partial charge in [0.1, 0.15) is 0 Å². The number of hydrogen-bond donors (Lipinski definition) is 3. The summed E-state index contributed by atoms with van der Waals surface area (Å²) in [6.07, 6.45) is 4.97. The second kappa shape index (κ2) is 9.43. The van der Waals surface area contributed by atoms with Crippen molar-refractivity contribution in [2.75, 3.05) is 31.3 Å². The average molecular weight is 431 g/mol. The van der Waals surface area contributed by atoms with Gasteiger partial charge >= 0.3 is 0 Å². The minimum Gasteiger partial charge on any atom is -0.384 e. The molecule has 1 aromatic rings. The van der Waals surface area contributed by atoms with E-state index >= 15 is 0 Å². The number of rotatable bonds is 7. The maximum absolute atomic E-state index is 12.6. The van der Waals surface area contributed by atoms with Crippen LogP contribution < -0.4 is 16.0 Å². The summed E-state index contributed by atoms with van der Waals surface area (Å²) in [5.41, 5.74) is 1.25. The fourth-order valence-corrected chi connectivity index (χ4v) is 5.08. The van der Waals surface area contributed by atoms with Crippen molar-refractivity contribution in [2.45, 2.75) is 56.0 Å². The van der Waals surface area contributed by atoms with Crippen LogP contribution in [0.5, 0.6) is 0 Å². The van der Waals surface area contributed by atoms with E-state index in [-0.39, 0.29) is 23.2 Å². The third-order valence-electron chi connectivity index (χ3n) is 5.46. The first kappa shape index (κ1) is 22.9. The predicted molar refractivity (Wildman–Crippen MR) is 115 cm³/mol. The average Bonchev–Trinajstić information content (AvgIpc) is 2.94. The summed E-state index contributed by atoms with van der Waals surface area (Å²) in [6, 6.07) is 5.91. The molecule has 2 unspecified atom stereocenters. The van der Waals surface area contributed by atoms with Gasteiger partial charge < -0.3 is 16.0 Å². The Labute approximate surface area is 174 Å². The molecule has 28 heavy (non-hydrogen) atoms. The standard InChI is InChI=1S/C19H30N4O3S.ClH/c1-4-20-17-8-7-16(27(25,26)23(2)3)12-18(17)22-19(24)11-13-9-14-5-6-15(10-13)21-14;/h7-8,12-15,20-21H,4-6,9-11H2,1-3H3,(H,22,24);1H. The highest BCUT2D eigenvalue weighted by Gasteiger charge is 2.34. The van der Waals surface area contributed by atoms with Gasteiger partial charge in [0.25, 0.3) is 0 Å². The lowest BCUT2D eigenvalue weighted by Gasteiger charge is -2.28. The van der Waals surface area contributed by atoms with E-state index in [0.717, 1.165) is 18.5 Å². The molecule has 3 rings (SSSR count). The highest BCUT2D eigenvalue weighted by molar-refractivity contribution is 7.89. The molecule has 2 heterocycles. The fourth-order valence-electron chi connectivity index (χ4n) is 4.15. The van der Waals surface area contributed by atoms with E-state index in [4.69, 9.17) is 0 Å². The first-order chi connectivity index (χ1) is 12.8. The lowest BCUT2D eigenvalue weighted by molar-refractivity contribution is -0.117.